The molecule has 0 bridgehead atoms. The lowest BCUT2D eigenvalue weighted by Crippen LogP contribution is -2.35. The molecule has 5 rings (SSSR count). The Labute approximate surface area is 267 Å². The van der Waals surface area contributed by atoms with E-state index in [-0.39, 0.29) is 29.3 Å². The topological polar surface area (TPSA) is 80.7 Å². The van der Waals surface area contributed by atoms with Crippen LogP contribution in [-0.2, 0) is 15.6 Å². The van der Waals surface area contributed by atoms with Gasteiger partial charge in [-0.3, -0.25) is 0 Å². The lowest BCUT2D eigenvalue weighted by Gasteiger charge is -2.30. The highest BCUT2D eigenvalue weighted by molar-refractivity contribution is 5.43. The summed E-state index contributed by atoms with van der Waals surface area (Å²) in [4.78, 5) is 0. The molecule has 1 saturated heterocycles. The van der Waals surface area contributed by atoms with Crippen LogP contribution in [0.4, 0.5) is 0 Å². The number of rotatable bonds is 14. The van der Waals surface area contributed by atoms with Crippen LogP contribution in [0.15, 0.2) is 97.1 Å². The van der Waals surface area contributed by atoms with Gasteiger partial charge in [0.2, 0.25) is 0 Å². The van der Waals surface area contributed by atoms with Gasteiger partial charge in [0.25, 0.3) is 0 Å². The molecule has 4 aromatic carbocycles. The van der Waals surface area contributed by atoms with Gasteiger partial charge in [-0.15, -0.1) is 0 Å². The summed E-state index contributed by atoms with van der Waals surface area (Å²) in [5.41, 5.74) is 3.60. The van der Waals surface area contributed by atoms with E-state index in [0.29, 0.717) is 18.8 Å². The van der Waals surface area contributed by atoms with Gasteiger partial charge in [-0.1, -0.05) is 76.2 Å². The summed E-state index contributed by atoms with van der Waals surface area (Å²) < 4.78 is 23.2. The van der Waals surface area contributed by atoms with E-state index < -0.39 is 11.7 Å². The Hall–Kier alpha value is -4.00. The van der Waals surface area contributed by atoms with E-state index >= 15 is 0 Å². The minimum absolute atomic E-state index is 0.165. The van der Waals surface area contributed by atoms with Crippen LogP contribution in [-0.4, -0.2) is 47.8 Å². The fraction of sp³-hybridized carbons (Fsp3) is 0.385. The molecule has 6 heteroatoms. The monoisotopic (exact) mass is 610 g/mol. The summed E-state index contributed by atoms with van der Waals surface area (Å²) in [6, 6.07) is 31.7. The molecular weight excluding hydrogens is 564 g/mol. The molecule has 0 saturated carbocycles. The van der Waals surface area contributed by atoms with Gasteiger partial charge < -0.3 is 29.2 Å². The van der Waals surface area contributed by atoms with E-state index in [1.807, 2.05) is 74.5 Å². The van der Waals surface area contributed by atoms with Gasteiger partial charge in [0, 0.05) is 17.3 Å². The number of aliphatic hydroxyl groups excluding tert-OH is 1. The number of benzene rings is 4. The van der Waals surface area contributed by atoms with E-state index in [9.17, 15) is 10.2 Å². The number of hydrogen-bond donors (Lipinski definition) is 2. The average Bonchev–Trinajstić information content (AvgIpc) is 3.84. The zero-order chi connectivity index (χ0) is 32.2. The average molecular weight is 611 g/mol. The summed E-state index contributed by atoms with van der Waals surface area (Å²) in [5, 5.41) is 20.4. The molecule has 238 valence electrons. The van der Waals surface area contributed by atoms with Gasteiger partial charge >= 0.3 is 0 Å². The van der Waals surface area contributed by atoms with E-state index in [4.69, 9.17) is 18.9 Å². The normalized spacial score (nSPS) is 15.8. The van der Waals surface area contributed by atoms with Crippen LogP contribution in [0.2, 0.25) is 0 Å². The highest BCUT2D eigenvalue weighted by Gasteiger charge is 2.28. The summed E-state index contributed by atoms with van der Waals surface area (Å²) >= 11 is 0. The molecule has 1 heterocycles. The molecule has 2 unspecified atom stereocenters. The first-order valence-corrected chi connectivity index (χ1v) is 15.7. The highest BCUT2D eigenvalue weighted by atomic mass is 16.6. The molecule has 1 fully saturated rings. The molecule has 1 aliphatic heterocycles. The number of aromatic hydroxyl groups is 1. The van der Waals surface area contributed by atoms with Crippen LogP contribution in [0.1, 0.15) is 70.2 Å². The second-order valence-electron chi connectivity index (χ2n) is 13.7. The number of ether oxygens (including phenoxy) is 4. The van der Waals surface area contributed by atoms with Crippen LogP contribution < -0.4 is 14.2 Å². The third-order valence-corrected chi connectivity index (χ3v) is 8.72. The number of phenols is 1. The van der Waals surface area contributed by atoms with Crippen LogP contribution >= 0.6 is 0 Å². The lowest BCUT2D eigenvalue weighted by molar-refractivity contribution is 0.0175. The first kappa shape index (κ1) is 32.4. The van der Waals surface area contributed by atoms with E-state index in [0.717, 1.165) is 29.2 Å². The summed E-state index contributed by atoms with van der Waals surface area (Å²) in [6.45, 7) is 14.2. The van der Waals surface area contributed by atoms with Crippen molar-refractivity contribution < 1.29 is 29.2 Å². The third kappa shape index (κ3) is 8.38. The summed E-state index contributed by atoms with van der Waals surface area (Å²) in [6.07, 6.45) is -0.0488. The number of phenolic OH excluding ortho intramolecular Hbond substituents is 1. The van der Waals surface area contributed by atoms with Crippen molar-refractivity contribution in [3.63, 3.8) is 0 Å². The molecule has 1 aliphatic rings. The van der Waals surface area contributed by atoms with Crippen molar-refractivity contribution in [3.05, 3.63) is 119 Å². The van der Waals surface area contributed by atoms with Crippen molar-refractivity contribution in [2.45, 2.75) is 76.6 Å². The maximum atomic E-state index is 10.8. The third-order valence-electron chi connectivity index (χ3n) is 8.72. The van der Waals surface area contributed by atoms with E-state index in [2.05, 4.69) is 52.0 Å². The van der Waals surface area contributed by atoms with Crippen molar-refractivity contribution in [2.24, 2.45) is 0 Å². The predicted molar refractivity (Wildman–Crippen MR) is 178 cm³/mol. The minimum Gasteiger partial charge on any atom is -0.508 e. The van der Waals surface area contributed by atoms with E-state index in [1.54, 1.807) is 12.1 Å². The quantitative estimate of drug-likeness (QED) is 0.142. The molecule has 6 nitrogen and oxygen atoms in total. The number of epoxide rings is 1. The SMILES string of the molecule is CC(C)(CC(O)COc1ccc(C(C)(C)c2ccc(O)cc2)cc1)Oc1ccc(C(C)(C)c2ccc(OCC3CO3)cc2)cc1. The Morgan fingerprint density at radius 3 is 1.49 bits per heavy atom. The minimum atomic E-state index is -0.699. The van der Waals surface area contributed by atoms with Crippen molar-refractivity contribution in [1.82, 2.24) is 0 Å². The molecule has 2 N–H and O–H groups in total. The molecule has 0 radical (unpaired) electrons. The van der Waals surface area contributed by atoms with Crippen molar-refractivity contribution in [1.29, 1.82) is 0 Å². The van der Waals surface area contributed by atoms with E-state index in [1.165, 1.54) is 11.1 Å². The molecule has 0 amide bonds. The predicted octanol–water partition coefficient (Wildman–Crippen LogP) is 7.81. The molecular formula is C39H46O6. The van der Waals surface area contributed by atoms with Crippen molar-refractivity contribution in [3.8, 4) is 23.0 Å². The van der Waals surface area contributed by atoms with Gasteiger partial charge in [0.15, 0.2) is 0 Å². The Kier molecular flexibility index (Phi) is 9.47. The van der Waals surface area contributed by atoms with Gasteiger partial charge in [0.1, 0.15) is 47.9 Å². The fourth-order valence-electron chi connectivity index (χ4n) is 5.62. The largest absolute Gasteiger partial charge is 0.508 e. The molecule has 0 aromatic heterocycles. The Bertz CT molecular complexity index is 1520. The Morgan fingerprint density at radius 2 is 1.04 bits per heavy atom. The zero-order valence-corrected chi connectivity index (χ0v) is 27.2. The first-order chi connectivity index (χ1) is 21.3. The molecule has 0 aliphatic carbocycles. The maximum absolute atomic E-state index is 10.8. The Morgan fingerprint density at radius 1 is 0.644 bits per heavy atom. The second kappa shape index (κ2) is 13.2. The molecule has 0 spiro atoms. The number of hydrogen-bond acceptors (Lipinski definition) is 6. The van der Waals surface area contributed by atoms with Crippen molar-refractivity contribution in [2.75, 3.05) is 19.8 Å². The fourth-order valence-corrected chi connectivity index (χ4v) is 5.62. The molecule has 45 heavy (non-hydrogen) atoms. The lowest BCUT2D eigenvalue weighted by atomic mass is 9.78. The van der Waals surface area contributed by atoms with Crippen LogP contribution in [0, 0.1) is 0 Å². The maximum Gasteiger partial charge on any atom is 0.120 e. The molecule has 2 atom stereocenters. The van der Waals surface area contributed by atoms with Crippen LogP contribution in [0.3, 0.4) is 0 Å². The van der Waals surface area contributed by atoms with Gasteiger partial charge in [-0.05, 0) is 84.6 Å². The standard InChI is InChI=1S/C39H46O6/c1-37(2,23-32(41)24-42-33-17-9-28(10-18-33)38(3,4)27-7-15-31(40)16-8-27)45-35-21-13-30(14-22-35)39(5,6)29-11-19-34(20-12-29)43-25-36-26-44-36/h7-22,32,36,40-41H,23-26H2,1-6H3. The van der Waals surface area contributed by atoms with Crippen LogP contribution in [0.5, 0.6) is 23.0 Å². The smallest absolute Gasteiger partial charge is 0.120 e. The molecule has 4 aromatic rings. The van der Waals surface area contributed by atoms with Gasteiger partial charge in [0.05, 0.1) is 12.7 Å². The summed E-state index contributed by atoms with van der Waals surface area (Å²) in [5.74, 6) is 2.57. The number of aliphatic hydroxyl groups is 1. The van der Waals surface area contributed by atoms with Crippen LogP contribution in [0.25, 0.3) is 0 Å². The first-order valence-electron chi connectivity index (χ1n) is 15.7. The summed E-state index contributed by atoms with van der Waals surface area (Å²) in [7, 11) is 0. The van der Waals surface area contributed by atoms with Gasteiger partial charge in [-0.25, -0.2) is 0 Å². The zero-order valence-electron chi connectivity index (χ0n) is 27.2. The second-order valence-corrected chi connectivity index (χ2v) is 13.7. The highest BCUT2D eigenvalue weighted by Crippen LogP contribution is 2.35. The van der Waals surface area contributed by atoms with Crippen molar-refractivity contribution >= 4 is 0 Å². The van der Waals surface area contributed by atoms with Gasteiger partial charge in [-0.2, -0.15) is 0 Å². The Balaban J connectivity index is 1.11.